The van der Waals surface area contributed by atoms with Crippen molar-refractivity contribution in [3.8, 4) is 0 Å². The summed E-state index contributed by atoms with van der Waals surface area (Å²) in [5.41, 5.74) is 2.16. The van der Waals surface area contributed by atoms with Crippen LogP contribution in [0.3, 0.4) is 0 Å². The topological polar surface area (TPSA) is 43.8 Å². The number of likely N-dealkylation sites (N-methyl/N-ethyl adjacent to an activating group) is 1. The molecule has 0 spiro atoms. The van der Waals surface area contributed by atoms with E-state index >= 15 is 0 Å². The number of hydrogen-bond donors (Lipinski definition) is 1. The first-order valence-electron chi connectivity index (χ1n) is 6.77. The first-order valence-corrected chi connectivity index (χ1v) is 6.77. The maximum Gasteiger partial charge on any atom is 0.246 e. The molecule has 0 saturated carbocycles. The van der Waals surface area contributed by atoms with Gasteiger partial charge in [-0.1, -0.05) is 32.0 Å². The number of aliphatic hydroxyl groups excluding tert-OH is 1. The van der Waals surface area contributed by atoms with Crippen molar-refractivity contribution in [2.45, 2.75) is 25.8 Å². The number of benzene rings is 1. The monoisotopic (exact) mass is 262 g/mol. The molecule has 1 aromatic carbocycles. The van der Waals surface area contributed by atoms with Crippen LogP contribution in [0.15, 0.2) is 24.3 Å². The lowest BCUT2D eigenvalue weighted by Gasteiger charge is -2.38. The van der Waals surface area contributed by atoms with E-state index in [4.69, 9.17) is 0 Å². The van der Waals surface area contributed by atoms with Crippen molar-refractivity contribution in [3.05, 3.63) is 29.8 Å². The molecule has 4 nitrogen and oxygen atoms in total. The number of aliphatic hydroxyl groups is 1. The molecule has 19 heavy (non-hydrogen) atoms. The zero-order valence-electron chi connectivity index (χ0n) is 11.8. The number of para-hydroxylation sites is 1. The molecule has 1 unspecified atom stereocenters. The summed E-state index contributed by atoms with van der Waals surface area (Å²) in [6, 6.07) is 7.60. The summed E-state index contributed by atoms with van der Waals surface area (Å²) in [7, 11) is 1.88. The molecular formula is C15H22N2O2. The van der Waals surface area contributed by atoms with E-state index in [9.17, 15) is 9.90 Å². The van der Waals surface area contributed by atoms with Crippen LogP contribution in [0.4, 0.5) is 5.69 Å². The zero-order valence-corrected chi connectivity index (χ0v) is 11.8. The minimum Gasteiger partial charge on any atom is -0.394 e. The fourth-order valence-electron chi connectivity index (χ4n) is 2.57. The van der Waals surface area contributed by atoms with Gasteiger partial charge in [0.1, 0.15) is 6.04 Å². The number of amides is 1. The summed E-state index contributed by atoms with van der Waals surface area (Å²) in [6.45, 7) is 5.58. The average molecular weight is 262 g/mol. The Labute approximate surface area is 114 Å². The second kappa shape index (κ2) is 5.72. The number of hydrogen-bond acceptors (Lipinski definition) is 3. The Hall–Kier alpha value is -1.39. The molecule has 1 fully saturated rings. The van der Waals surface area contributed by atoms with E-state index in [-0.39, 0.29) is 12.5 Å². The predicted molar refractivity (Wildman–Crippen MR) is 76.4 cm³/mol. The van der Waals surface area contributed by atoms with Crippen LogP contribution in [-0.2, 0) is 4.79 Å². The number of carbonyl (C=O) groups is 1. The molecule has 0 aromatic heterocycles. The Morgan fingerprint density at radius 1 is 1.32 bits per heavy atom. The van der Waals surface area contributed by atoms with E-state index in [0.717, 1.165) is 12.2 Å². The minimum absolute atomic E-state index is 0.00986. The fraction of sp³-hybridized carbons (Fsp3) is 0.533. The number of nitrogens with zero attached hydrogens (tertiary/aromatic N) is 2. The molecule has 1 aliphatic heterocycles. The molecule has 1 N–H and O–H groups in total. The molecule has 1 heterocycles. The van der Waals surface area contributed by atoms with Crippen LogP contribution in [0.25, 0.3) is 0 Å². The van der Waals surface area contributed by atoms with E-state index in [1.807, 2.05) is 35.0 Å². The maximum atomic E-state index is 12.5. The number of piperazine rings is 1. The van der Waals surface area contributed by atoms with E-state index in [1.54, 1.807) is 0 Å². The highest BCUT2D eigenvalue weighted by molar-refractivity contribution is 5.98. The molecule has 2 rings (SSSR count). The Morgan fingerprint density at radius 3 is 2.63 bits per heavy atom. The molecule has 1 aromatic rings. The Balaban J connectivity index is 2.34. The van der Waals surface area contributed by atoms with Crippen molar-refractivity contribution in [2.75, 3.05) is 31.6 Å². The Kier molecular flexibility index (Phi) is 4.22. The van der Waals surface area contributed by atoms with Gasteiger partial charge in [-0.3, -0.25) is 9.69 Å². The van der Waals surface area contributed by atoms with E-state index in [0.29, 0.717) is 12.5 Å². The lowest BCUT2D eigenvalue weighted by Crippen LogP contribution is -2.57. The van der Waals surface area contributed by atoms with Crippen LogP contribution in [0.1, 0.15) is 25.3 Å². The third-order valence-corrected chi connectivity index (χ3v) is 3.78. The fourth-order valence-corrected chi connectivity index (χ4v) is 2.57. The SMILES string of the molecule is CC(C)c1ccccc1N1CCN(C)C(CO)C1=O. The van der Waals surface area contributed by atoms with Crippen LogP contribution >= 0.6 is 0 Å². The zero-order chi connectivity index (χ0) is 14.0. The van der Waals surface area contributed by atoms with Gasteiger partial charge in [-0.15, -0.1) is 0 Å². The van der Waals surface area contributed by atoms with Crippen LogP contribution in [-0.4, -0.2) is 48.7 Å². The molecule has 4 heteroatoms. The molecule has 1 amide bonds. The summed E-state index contributed by atoms with van der Waals surface area (Å²) in [5.74, 6) is 0.362. The second-order valence-electron chi connectivity index (χ2n) is 5.38. The van der Waals surface area contributed by atoms with E-state index in [1.165, 1.54) is 5.56 Å². The van der Waals surface area contributed by atoms with Crippen LogP contribution in [0.2, 0.25) is 0 Å². The summed E-state index contributed by atoms with van der Waals surface area (Å²) < 4.78 is 0. The number of carbonyl (C=O) groups excluding carboxylic acids is 1. The van der Waals surface area contributed by atoms with Crippen LogP contribution in [0, 0.1) is 0 Å². The van der Waals surface area contributed by atoms with Gasteiger partial charge in [0.2, 0.25) is 5.91 Å². The van der Waals surface area contributed by atoms with Crippen molar-refractivity contribution in [1.29, 1.82) is 0 Å². The van der Waals surface area contributed by atoms with Gasteiger partial charge in [-0.2, -0.15) is 0 Å². The summed E-state index contributed by atoms with van der Waals surface area (Å²) in [6.07, 6.45) is 0. The van der Waals surface area contributed by atoms with Crippen molar-refractivity contribution < 1.29 is 9.90 Å². The molecule has 0 radical (unpaired) electrons. The molecule has 1 atom stereocenters. The smallest absolute Gasteiger partial charge is 0.246 e. The Morgan fingerprint density at radius 2 is 2.00 bits per heavy atom. The second-order valence-corrected chi connectivity index (χ2v) is 5.38. The highest BCUT2D eigenvalue weighted by Crippen LogP contribution is 2.29. The molecule has 1 aliphatic rings. The predicted octanol–water partition coefficient (Wildman–Crippen LogP) is 1.45. The quantitative estimate of drug-likeness (QED) is 0.896. The first kappa shape index (κ1) is 14.0. The largest absolute Gasteiger partial charge is 0.394 e. The third-order valence-electron chi connectivity index (χ3n) is 3.78. The van der Waals surface area contributed by atoms with Gasteiger partial charge < -0.3 is 10.0 Å². The van der Waals surface area contributed by atoms with Crippen molar-refractivity contribution in [2.24, 2.45) is 0 Å². The van der Waals surface area contributed by atoms with Gasteiger partial charge in [0, 0.05) is 18.8 Å². The molecule has 1 saturated heterocycles. The number of rotatable bonds is 3. The highest BCUT2D eigenvalue weighted by Gasteiger charge is 2.33. The first-order chi connectivity index (χ1) is 9.06. The summed E-state index contributed by atoms with van der Waals surface area (Å²) in [5, 5.41) is 9.39. The maximum absolute atomic E-state index is 12.5. The molecular weight excluding hydrogens is 240 g/mol. The standard InChI is InChI=1S/C15H22N2O2/c1-11(2)12-6-4-5-7-13(12)17-9-8-16(3)14(10-18)15(17)19/h4-7,11,14,18H,8-10H2,1-3H3. The van der Waals surface area contributed by atoms with Gasteiger partial charge in [0.05, 0.1) is 6.61 Å². The molecule has 0 bridgehead atoms. The summed E-state index contributed by atoms with van der Waals surface area (Å²) >= 11 is 0. The lowest BCUT2D eigenvalue weighted by atomic mass is 9.99. The van der Waals surface area contributed by atoms with Crippen molar-refractivity contribution >= 4 is 11.6 Å². The normalized spacial score (nSPS) is 21.2. The van der Waals surface area contributed by atoms with Gasteiger partial charge in [0.15, 0.2) is 0 Å². The molecule has 104 valence electrons. The van der Waals surface area contributed by atoms with E-state index < -0.39 is 6.04 Å². The van der Waals surface area contributed by atoms with Crippen LogP contribution in [0.5, 0.6) is 0 Å². The van der Waals surface area contributed by atoms with Gasteiger partial charge in [0.25, 0.3) is 0 Å². The van der Waals surface area contributed by atoms with Gasteiger partial charge in [-0.25, -0.2) is 0 Å². The van der Waals surface area contributed by atoms with Crippen molar-refractivity contribution in [3.63, 3.8) is 0 Å². The van der Waals surface area contributed by atoms with Gasteiger partial charge in [-0.05, 0) is 24.6 Å². The average Bonchev–Trinajstić information content (AvgIpc) is 2.39. The van der Waals surface area contributed by atoms with E-state index in [2.05, 4.69) is 19.9 Å². The highest BCUT2D eigenvalue weighted by atomic mass is 16.3. The number of anilines is 1. The lowest BCUT2D eigenvalue weighted by molar-refractivity contribution is -0.126. The van der Waals surface area contributed by atoms with Gasteiger partial charge >= 0.3 is 0 Å². The Bertz CT molecular complexity index is 459. The summed E-state index contributed by atoms with van der Waals surface area (Å²) in [4.78, 5) is 16.2. The van der Waals surface area contributed by atoms with Crippen molar-refractivity contribution in [1.82, 2.24) is 4.90 Å². The minimum atomic E-state index is -0.422. The van der Waals surface area contributed by atoms with Crippen LogP contribution < -0.4 is 4.90 Å². The third kappa shape index (κ3) is 2.65. The molecule has 0 aliphatic carbocycles.